The Morgan fingerprint density at radius 1 is 1.40 bits per heavy atom. The summed E-state index contributed by atoms with van der Waals surface area (Å²) in [4.78, 5) is 0.324. The van der Waals surface area contributed by atoms with Crippen LogP contribution in [-0.2, 0) is 14.6 Å². The van der Waals surface area contributed by atoms with E-state index in [1.807, 2.05) is 6.07 Å². The molecule has 4 nitrogen and oxygen atoms in total. The Balaban J connectivity index is 2.75. The van der Waals surface area contributed by atoms with E-state index in [9.17, 15) is 8.42 Å². The van der Waals surface area contributed by atoms with Crippen LogP contribution >= 0.6 is 0 Å². The lowest BCUT2D eigenvalue weighted by Crippen LogP contribution is -2.08. The zero-order valence-corrected chi connectivity index (χ0v) is 9.67. The summed E-state index contributed by atoms with van der Waals surface area (Å²) in [7, 11) is -1.51. The van der Waals surface area contributed by atoms with Crippen LogP contribution in [0.25, 0.3) is 0 Å². The van der Waals surface area contributed by atoms with Crippen LogP contribution in [0.5, 0.6) is 0 Å². The van der Waals surface area contributed by atoms with Gasteiger partial charge in [0.2, 0.25) is 0 Å². The fraction of sp³-hybridized carbons (Fsp3) is 0.400. The van der Waals surface area contributed by atoms with Crippen LogP contribution in [-0.4, -0.2) is 34.9 Å². The van der Waals surface area contributed by atoms with Crippen molar-refractivity contribution in [2.24, 2.45) is 0 Å². The predicted molar refractivity (Wildman–Crippen MR) is 59.9 cm³/mol. The highest BCUT2D eigenvalue weighted by Gasteiger charge is 2.06. The molecule has 0 aliphatic rings. The Kier molecular flexibility index (Phi) is 4.11. The van der Waals surface area contributed by atoms with Crippen molar-refractivity contribution in [1.29, 1.82) is 0 Å². The van der Waals surface area contributed by atoms with Crippen molar-refractivity contribution in [3.63, 3.8) is 0 Å². The fourth-order valence-electron chi connectivity index (χ4n) is 1.13. The van der Waals surface area contributed by atoms with Crippen molar-refractivity contribution < 1.29 is 13.2 Å². The van der Waals surface area contributed by atoms with Gasteiger partial charge in [-0.1, -0.05) is 6.07 Å². The molecule has 0 unspecified atom stereocenters. The average molecular weight is 229 g/mol. The van der Waals surface area contributed by atoms with E-state index >= 15 is 0 Å². The van der Waals surface area contributed by atoms with Gasteiger partial charge in [0.05, 0.1) is 11.5 Å². The highest BCUT2D eigenvalue weighted by Crippen LogP contribution is 2.14. The van der Waals surface area contributed by atoms with E-state index in [1.54, 1.807) is 25.3 Å². The zero-order valence-electron chi connectivity index (χ0n) is 8.86. The van der Waals surface area contributed by atoms with Crippen molar-refractivity contribution in [3.05, 3.63) is 24.3 Å². The van der Waals surface area contributed by atoms with E-state index in [0.29, 0.717) is 18.0 Å². The second-order valence-electron chi connectivity index (χ2n) is 3.22. The maximum atomic E-state index is 11.3. The number of ether oxygens (including phenoxy) is 1. The molecule has 0 atom stereocenters. The molecule has 1 N–H and O–H groups in total. The molecule has 0 bridgehead atoms. The minimum atomic E-state index is -3.13. The molecule has 0 saturated carbocycles. The summed E-state index contributed by atoms with van der Waals surface area (Å²) >= 11 is 0. The van der Waals surface area contributed by atoms with E-state index in [2.05, 4.69) is 5.32 Å². The number of nitrogens with one attached hydrogen (secondary N) is 1. The molecule has 15 heavy (non-hydrogen) atoms. The number of hydrogen-bond acceptors (Lipinski definition) is 4. The van der Waals surface area contributed by atoms with Crippen LogP contribution in [0.2, 0.25) is 0 Å². The zero-order chi connectivity index (χ0) is 11.3. The number of benzene rings is 1. The lowest BCUT2D eigenvalue weighted by atomic mass is 10.3. The molecule has 5 heteroatoms. The van der Waals surface area contributed by atoms with Gasteiger partial charge in [0.15, 0.2) is 9.84 Å². The Morgan fingerprint density at radius 3 is 2.73 bits per heavy atom. The van der Waals surface area contributed by atoms with E-state index in [-0.39, 0.29) is 0 Å². The summed E-state index contributed by atoms with van der Waals surface area (Å²) in [6, 6.07) is 6.73. The van der Waals surface area contributed by atoms with Crippen molar-refractivity contribution >= 4 is 15.5 Å². The smallest absolute Gasteiger partial charge is 0.175 e. The topological polar surface area (TPSA) is 55.4 Å². The first-order chi connectivity index (χ1) is 7.04. The number of anilines is 1. The molecule has 0 spiro atoms. The van der Waals surface area contributed by atoms with Gasteiger partial charge in [-0.05, 0) is 18.2 Å². The molecular formula is C10H15NO3S. The van der Waals surface area contributed by atoms with Crippen LogP contribution < -0.4 is 5.32 Å². The van der Waals surface area contributed by atoms with E-state index in [0.717, 1.165) is 5.69 Å². The maximum Gasteiger partial charge on any atom is 0.175 e. The van der Waals surface area contributed by atoms with Gasteiger partial charge >= 0.3 is 0 Å². The fourth-order valence-corrected chi connectivity index (χ4v) is 1.80. The van der Waals surface area contributed by atoms with Gasteiger partial charge in [-0.3, -0.25) is 0 Å². The SMILES string of the molecule is COCCNc1cccc(S(C)(=O)=O)c1. The standard InChI is InChI=1S/C10H15NO3S/c1-14-7-6-11-9-4-3-5-10(8-9)15(2,12)13/h3-5,8,11H,6-7H2,1-2H3. The van der Waals surface area contributed by atoms with Crippen LogP contribution in [0.4, 0.5) is 5.69 Å². The summed E-state index contributed by atoms with van der Waals surface area (Å²) in [5, 5.41) is 3.07. The number of sulfone groups is 1. The van der Waals surface area contributed by atoms with Crippen LogP contribution in [0.3, 0.4) is 0 Å². The quantitative estimate of drug-likeness (QED) is 0.769. The Morgan fingerprint density at radius 2 is 2.13 bits per heavy atom. The number of methoxy groups -OCH3 is 1. The average Bonchev–Trinajstić information content (AvgIpc) is 2.17. The Bertz CT molecular complexity index is 414. The third-order valence-corrected chi connectivity index (χ3v) is 3.01. The van der Waals surface area contributed by atoms with Crippen LogP contribution in [0.15, 0.2) is 29.2 Å². The molecule has 0 aliphatic carbocycles. The molecule has 0 radical (unpaired) electrons. The third kappa shape index (κ3) is 3.89. The van der Waals surface area contributed by atoms with E-state index in [1.165, 1.54) is 6.26 Å². The molecule has 0 fully saturated rings. The molecule has 1 aromatic rings. The number of rotatable bonds is 5. The van der Waals surface area contributed by atoms with Gasteiger partial charge < -0.3 is 10.1 Å². The van der Waals surface area contributed by atoms with E-state index in [4.69, 9.17) is 4.74 Å². The van der Waals surface area contributed by atoms with Crippen molar-refractivity contribution in [3.8, 4) is 0 Å². The first-order valence-corrected chi connectivity index (χ1v) is 6.46. The van der Waals surface area contributed by atoms with E-state index < -0.39 is 9.84 Å². The molecule has 1 rings (SSSR count). The summed E-state index contributed by atoms with van der Waals surface area (Å²) < 4.78 is 27.4. The monoisotopic (exact) mass is 229 g/mol. The van der Waals surface area contributed by atoms with Crippen molar-refractivity contribution in [2.75, 3.05) is 31.8 Å². The maximum absolute atomic E-state index is 11.3. The second-order valence-corrected chi connectivity index (χ2v) is 5.24. The van der Waals surface area contributed by atoms with Gasteiger partial charge in [-0.25, -0.2) is 8.42 Å². The van der Waals surface area contributed by atoms with Crippen molar-refractivity contribution in [1.82, 2.24) is 0 Å². The molecule has 0 aromatic heterocycles. The normalized spacial score (nSPS) is 11.3. The molecule has 0 aliphatic heterocycles. The summed E-state index contributed by atoms with van der Waals surface area (Å²) in [6.07, 6.45) is 1.20. The molecule has 0 saturated heterocycles. The van der Waals surface area contributed by atoms with Gasteiger partial charge in [0.1, 0.15) is 0 Å². The molecule has 0 heterocycles. The van der Waals surface area contributed by atoms with Crippen LogP contribution in [0.1, 0.15) is 0 Å². The highest BCUT2D eigenvalue weighted by molar-refractivity contribution is 7.90. The third-order valence-electron chi connectivity index (χ3n) is 1.90. The second kappa shape index (κ2) is 5.14. The largest absolute Gasteiger partial charge is 0.383 e. The summed E-state index contributed by atoms with van der Waals surface area (Å²) in [5.74, 6) is 0. The summed E-state index contributed by atoms with van der Waals surface area (Å²) in [6.45, 7) is 1.24. The lowest BCUT2D eigenvalue weighted by molar-refractivity contribution is 0.211. The molecular weight excluding hydrogens is 214 g/mol. The van der Waals surface area contributed by atoms with Gasteiger partial charge in [0, 0.05) is 25.6 Å². The minimum Gasteiger partial charge on any atom is -0.383 e. The Labute approximate surface area is 90.2 Å². The summed E-state index contributed by atoms with van der Waals surface area (Å²) in [5.41, 5.74) is 0.787. The van der Waals surface area contributed by atoms with Crippen molar-refractivity contribution in [2.45, 2.75) is 4.90 Å². The predicted octanol–water partition coefficient (Wildman–Crippen LogP) is 1.15. The Hall–Kier alpha value is -1.07. The van der Waals surface area contributed by atoms with Gasteiger partial charge in [0.25, 0.3) is 0 Å². The highest BCUT2D eigenvalue weighted by atomic mass is 32.2. The first kappa shape index (κ1) is 12.0. The van der Waals surface area contributed by atoms with Crippen LogP contribution in [0, 0.1) is 0 Å². The lowest BCUT2D eigenvalue weighted by Gasteiger charge is -2.06. The van der Waals surface area contributed by atoms with Gasteiger partial charge in [-0.15, -0.1) is 0 Å². The van der Waals surface area contributed by atoms with Gasteiger partial charge in [-0.2, -0.15) is 0 Å². The molecule has 84 valence electrons. The first-order valence-electron chi connectivity index (χ1n) is 4.57. The number of hydrogen-bond donors (Lipinski definition) is 1. The minimum absolute atomic E-state index is 0.324. The molecule has 0 amide bonds. The molecule has 1 aromatic carbocycles.